The molecule has 206 valence electrons. The van der Waals surface area contributed by atoms with Crippen LogP contribution in [0.25, 0.3) is 6.08 Å². The van der Waals surface area contributed by atoms with Crippen LogP contribution in [0.15, 0.2) is 89.6 Å². The predicted octanol–water partition coefficient (Wildman–Crippen LogP) is 5.05. The van der Waals surface area contributed by atoms with Gasteiger partial charge in [0.05, 0.1) is 29.3 Å². The van der Waals surface area contributed by atoms with E-state index in [1.807, 2.05) is 47.2 Å². The summed E-state index contributed by atoms with van der Waals surface area (Å²) < 4.78 is 7.08. The molecule has 3 unspecified atom stereocenters. The van der Waals surface area contributed by atoms with Gasteiger partial charge in [-0.25, -0.2) is 9.78 Å². The van der Waals surface area contributed by atoms with Crippen molar-refractivity contribution in [1.82, 2.24) is 9.55 Å². The summed E-state index contributed by atoms with van der Waals surface area (Å²) in [6, 6.07) is 13.6. The Morgan fingerprint density at radius 3 is 2.55 bits per heavy atom. The van der Waals surface area contributed by atoms with Crippen LogP contribution in [0.2, 0.25) is 0 Å². The van der Waals surface area contributed by atoms with Gasteiger partial charge in [0.1, 0.15) is 5.92 Å². The zero-order chi connectivity index (χ0) is 29.0. The molecule has 0 bridgehead atoms. The number of ether oxygens (including phenoxy) is 1. The van der Waals surface area contributed by atoms with Crippen molar-refractivity contribution in [1.29, 1.82) is 0 Å². The van der Waals surface area contributed by atoms with E-state index >= 15 is 0 Å². The Labute approximate surface area is 231 Å². The summed E-state index contributed by atoms with van der Waals surface area (Å²) in [6.07, 6.45) is 9.02. The highest BCUT2D eigenvalue weighted by Gasteiger charge is 2.57. The second kappa shape index (κ2) is 11.5. The van der Waals surface area contributed by atoms with Gasteiger partial charge in [-0.3, -0.25) is 19.9 Å². The largest absolute Gasteiger partial charge is 0.481 e. The quantitative estimate of drug-likeness (QED) is 0.227. The van der Waals surface area contributed by atoms with E-state index in [1.54, 1.807) is 39.4 Å². The van der Waals surface area contributed by atoms with E-state index in [9.17, 15) is 24.8 Å². The van der Waals surface area contributed by atoms with Gasteiger partial charge in [-0.05, 0) is 36.5 Å². The maximum atomic E-state index is 13.3. The van der Waals surface area contributed by atoms with Crippen molar-refractivity contribution < 1.29 is 24.4 Å². The molecule has 2 heterocycles. The van der Waals surface area contributed by atoms with Crippen molar-refractivity contribution in [2.45, 2.75) is 32.7 Å². The van der Waals surface area contributed by atoms with Crippen molar-refractivity contribution in [2.75, 3.05) is 7.11 Å². The minimum absolute atomic E-state index is 0.0568. The number of aliphatic imine (C=N–C) groups is 1. The highest BCUT2D eigenvalue weighted by molar-refractivity contribution is 6.08. The first-order valence-electron chi connectivity index (χ1n) is 12.6. The number of carboxylic acids is 1. The Morgan fingerprint density at radius 1 is 1.23 bits per heavy atom. The molecule has 2 aromatic carbocycles. The zero-order valence-corrected chi connectivity index (χ0v) is 22.6. The first-order chi connectivity index (χ1) is 19.1. The van der Waals surface area contributed by atoms with Crippen LogP contribution in [0.4, 0.5) is 5.69 Å². The second-order valence-corrected chi connectivity index (χ2v) is 9.78. The molecule has 0 saturated carbocycles. The third kappa shape index (κ3) is 5.20. The smallest absolute Gasteiger partial charge is 0.336 e. The van der Waals surface area contributed by atoms with Gasteiger partial charge in [-0.15, -0.1) is 0 Å². The molecule has 0 amide bonds. The number of aliphatic carboxylic acids is 1. The van der Waals surface area contributed by atoms with Crippen LogP contribution in [0.5, 0.6) is 0 Å². The van der Waals surface area contributed by atoms with E-state index in [0.29, 0.717) is 17.8 Å². The summed E-state index contributed by atoms with van der Waals surface area (Å²) >= 11 is 0. The monoisotopic (exact) mass is 542 g/mol. The highest BCUT2D eigenvalue weighted by Crippen LogP contribution is 2.51. The second-order valence-electron chi connectivity index (χ2n) is 9.78. The highest BCUT2D eigenvalue weighted by atomic mass is 16.6. The molecule has 0 saturated heterocycles. The number of carbonyl (C=O) groups is 2. The number of imidazole rings is 1. The molecule has 4 rings (SSSR count). The van der Waals surface area contributed by atoms with Crippen LogP contribution in [-0.2, 0) is 26.3 Å². The number of benzene rings is 2. The number of hydrogen-bond acceptors (Lipinski definition) is 7. The number of carbonyl (C=O) groups excluding carboxylic acids is 1. The van der Waals surface area contributed by atoms with Gasteiger partial charge >= 0.3 is 11.9 Å². The molecular weight excluding hydrogens is 512 g/mol. The average Bonchev–Trinajstić information content (AvgIpc) is 3.44. The number of methoxy groups -OCH3 is 1. The number of hydrogen-bond donors (Lipinski definition) is 1. The lowest BCUT2D eigenvalue weighted by atomic mass is 9.56. The summed E-state index contributed by atoms with van der Waals surface area (Å²) in [5.41, 5.74) is 1.14. The van der Waals surface area contributed by atoms with E-state index in [2.05, 4.69) is 9.98 Å². The standard InChI is InChI=1S/C30H30N4O6/c1-19(8-9-22-10-12-23(13-11-22)17-33-15-14-31-18-33)30(24-6-5-7-25(16-24)34(38)39)26(28(35)36)20(2)32-21(3)27(30)29(37)40-4/h5-16,18-19,26H,17H2,1-4H3,(H,35,36). The van der Waals surface area contributed by atoms with Crippen molar-refractivity contribution in [2.24, 2.45) is 16.8 Å². The fraction of sp³-hybridized carbons (Fsp3) is 0.267. The molecule has 1 aliphatic rings. The summed E-state index contributed by atoms with van der Waals surface area (Å²) in [7, 11) is 1.22. The number of allylic oxidation sites excluding steroid dienone is 2. The Morgan fingerprint density at radius 2 is 1.95 bits per heavy atom. The van der Waals surface area contributed by atoms with E-state index < -0.39 is 34.1 Å². The lowest BCUT2D eigenvalue weighted by molar-refractivity contribution is -0.385. The molecule has 0 aliphatic carbocycles. The van der Waals surface area contributed by atoms with Crippen molar-refractivity contribution in [3.05, 3.63) is 111 Å². The molecule has 10 heteroatoms. The first kappa shape index (κ1) is 28.2. The van der Waals surface area contributed by atoms with Crippen LogP contribution in [-0.4, -0.2) is 44.3 Å². The van der Waals surface area contributed by atoms with Crippen LogP contribution < -0.4 is 0 Å². The van der Waals surface area contributed by atoms with E-state index in [-0.39, 0.29) is 17.0 Å². The molecule has 40 heavy (non-hydrogen) atoms. The molecule has 0 radical (unpaired) electrons. The van der Waals surface area contributed by atoms with E-state index in [4.69, 9.17) is 4.74 Å². The number of nitro groups is 1. The number of rotatable bonds is 9. The van der Waals surface area contributed by atoms with Crippen LogP contribution >= 0.6 is 0 Å². The van der Waals surface area contributed by atoms with Crippen molar-refractivity contribution >= 4 is 29.4 Å². The minimum Gasteiger partial charge on any atom is -0.481 e. The lowest BCUT2D eigenvalue weighted by Crippen LogP contribution is -2.53. The van der Waals surface area contributed by atoms with Gasteiger partial charge in [0, 0.05) is 42.5 Å². The maximum Gasteiger partial charge on any atom is 0.336 e. The summed E-state index contributed by atoms with van der Waals surface area (Å²) in [5.74, 6) is -3.86. The van der Waals surface area contributed by atoms with Gasteiger partial charge in [0.2, 0.25) is 0 Å². The Bertz CT molecular complexity index is 1520. The number of nitrogens with zero attached hydrogens (tertiary/aromatic N) is 4. The van der Waals surface area contributed by atoms with Gasteiger partial charge in [-0.2, -0.15) is 0 Å². The third-order valence-electron chi connectivity index (χ3n) is 7.36. The van der Waals surface area contributed by atoms with Crippen LogP contribution in [0, 0.1) is 22.0 Å². The molecule has 0 spiro atoms. The van der Waals surface area contributed by atoms with E-state index in [0.717, 1.165) is 11.1 Å². The normalized spacial score (nSPS) is 19.8. The third-order valence-corrected chi connectivity index (χ3v) is 7.36. The summed E-state index contributed by atoms with van der Waals surface area (Å²) in [4.78, 5) is 45.8. The molecular formula is C30H30N4O6. The fourth-order valence-electron chi connectivity index (χ4n) is 5.62. The van der Waals surface area contributed by atoms with Gasteiger partial charge in [0.15, 0.2) is 0 Å². The summed E-state index contributed by atoms with van der Waals surface area (Å²) in [5, 5.41) is 22.2. The number of nitro benzene ring substituents is 1. The average molecular weight is 543 g/mol. The Balaban J connectivity index is 1.86. The van der Waals surface area contributed by atoms with Crippen LogP contribution in [0.1, 0.15) is 37.5 Å². The van der Waals surface area contributed by atoms with Gasteiger partial charge in [-0.1, -0.05) is 55.5 Å². The molecule has 3 atom stereocenters. The van der Waals surface area contributed by atoms with Crippen molar-refractivity contribution in [3.63, 3.8) is 0 Å². The fourth-order valence-corrected chi connectivity index (χ4v) is 5.62. The SMILES string of the molecule is COC(=O)C1=C(C)N=C(C)C(C(=O)O)C1(c1cccc([N+](=O)[O-])c1)C(C)C=Cc1ccc(Cn2ccnc2)cc1. The van der Waals surface area contributed by atoms with Crippen molar-refractivity contribution in [3.8, 4) is 0 Å². The maximum absolute atomic E-state index is 13.3. The molecule has 10 nitrogen and oxygen atoms in total. The zero-order valence-electron chi connectivity index (χ0n) is 22.6. The molecule has 0 fully saturated rings. The minimum atomic E-state index is -1.54. The van der Waals surface area contributed by atoms with Gasteiger partial charge < -0.3 is 14.4 Å². The van der Waals surface area contributed by atoms with Gasteiger partial charge in [0.25, 0.3) is 5.69 Å². The van der Waals surface area contributed by atoms with E-state index in [1.165, 1.54) is 25.3 Å². The first-order valence-corrected chi connectivity index (χ1v) is 12.6. The Hall–Kier alpha value is -4.86. The Kier molecular flexibility index (Phi) is 8.08. The molecule has 3 aromatic rings. The lowest BCUT2D eigenvalue weighted by Gasteiger charge is -2.46. The molecule has 1 aromatic heterocycles. The topological polar surface area (TPSA) is 137 Å². The molecule has 1 aliphatic heterocycles. The number of aromatic nitrogens is 2. The number of carboxylic acid groups (broad SMARTS) is 1. The predicted molar refractivity (Wildman–Crippen MR) is 150 cm³/mol. The van der Waals surface area contributed by atoms with Crippen LogP contribution in [0.3, 0.4) is 0 Å². The number of non-ortho nitro benzene ring substituents is 1. The molecule has 1 N–H and O–H groups in total. The number of esters is 1. The summed E-state index contributed by atoms with van der Waals surface area (Å²) in [6.45, 7) is 5.68.